The molecule has 1 aromatic heterocycles. The highest BCUT2D eigenvalue weighted by Crippen LogP contribution is 2.25. The second-order valence-electron chi connectivity index (χ2n) is 5.59. The van der Waals surface area contributed by atoms with E-state index in [1.807, 2.05) is 37.4 Å². The number of benzene rings is 1. The van der Waals surface area contributed by atoms with Gasteiger partial charge in [-0.05, 0) is 25.1 Å². The van der Waals surface area contributed by atoms with Crippen molar-refractivity contribution in [1.82, 2.24) is 15.3 Å². The van der Waals surface area contributed by atoms with Gasteiger partial charge in [-0.1, -0.05) is 18.2 Å². The van der Waals surface area contributed by atoms with Crippen molar-refractivity contribution in [2.24, 2.45) is 5.73 Å². The Hall–Kier alpha value is -2.18. The van der Waals surface area contributed by atoms with E-state index >= 15 is 0 Å². The van der Waals surface area contributed by atoms with Gasteiger partial charge in [-0.25, -0.2) is 4.98 Å². The van der Waals surface area contributed by atoms with Gasteiger partial charge in [0.2, 0.25) is 5.95 Å². The Kier molecular flexibility index (Phi) is 4.22. The minimum atomic E-state index is 0.304. The van der Waals surface area contributed by atoms with Gasteiger partial charge in [0.05, 0.1) is 5.69 Å². The molecule has 2 heterocycles. The molecule has 1 aromatic carbocycles. The lowest BCUT2D eigenvalue weighted by molar-refractivity contribution is 0.616. The molecule has 0 bridgehead atoms. The molecule has 0 spiro atoms. The number of hydrogen-bond acceptors (Lipinski definition) is 6. The molecule has 1 atom stereocenters. The second-order valence-corrected chi connectivity index (χ2v) is 5.59. The number of rotatable bonds is 4. The summed E-state index contributed by atoms with van der Waals surface area (Å²) in [6.07, 6.45) is 1.11. The first-order chi connectivity index (χ1) is 10.7. The number of likely N-dealkylation sites (N-methyl/N-ethyl adjacent to an activating group) is 1. The van der Waals surface area contributed by atoms with Crippen LogP contribution in [0, 0.1) is 0 Å². The number of nitrogens with zero attached hydrogens (tertiary/aromatic N) is 3. The van der Waals surface area contributed by atoms with Gasteiger partial charge in [0.1, 0.15) is 5.82 Å². The van der Waals surface area contributed by atoms with Crippen LogP contribution in [0.3, 0.4) is 0 Å². The maximum absolute atomic E-state index is 5.91. The summed E-state index contributed by atoms with van der Waals surface area (Å²) in [6, 6.07) is 10.6. The van der Waals surface area contributed by atoms with Crippen molar-refractivity contribution in [3.05, 3.63) is 35.9 Å². The van der Waals surface area contributed by atoms with Crippen LogP contribution >= 0.6 is 0 Å². The van der Waals surface area contributed by atoms with E-state index in [2.05, 4.69) is 20.2 Å². The summed E-state index contributed by atoms with van der Waals surface area (Å²) in [4.78, 5) is 11.0. The van der Waals surface area contributed by atoms with Crippen molar-refractivity contribution < 1.29 is 0 Å². The lowest BCUT2D eigenvalue weighted by Crippen LogP contribution is -2.30. The SMILES string of the molecule is CNC1CCN(c2cc(-c3cccc(CN)c3)nc(N)n2)C1. The zero-order valence-electron chi connectivity index (χ0n) is 12.8. The lowest BCUT2D eigenvalue weighted by Gasteiger charge is -2.18. The molecule has 22 heavy (non-hydrogen) atoms. The van der Waals surface area contributed by atoms with Crippen LogP contribution in [0.15, 0.2) is 30.3 Å². The number of anilines is 2. The topological polar surface area (TPSA) is 93.1 Å². The van der Waals surface area contributed by atoms with Crippen LogP contribution in [0.2, 0.25) is 0 Å². The van der Waals surface area contributed by atoms with Crippen molar-refractivity contribution >= 4 is 11.8 Å². The van der Waals surface area contributed by atoms with E-state index in [0.717, 1.165) is 42.1 Å². The average molecular weight is 298 g/mol. The summed E-state index contributed by atoms with van der Waals surface area (Å²) in [6.45, 7) is 2.43. The van der Waals surface area contributed by atoms with E-state index in [-0.39, 0.29) is 0 Å². The van der Waals surface area contributed by atoms with Crippen molar-refractivity contribution in [3.63, 3.8) is 0 Å². The fourth-order valence-corrected chi connectivity index (χ4v) is 2.82. The van der Waals surface area contributed by atoms with E-state index in [9.17, 15) is 0 Å². The molecule has 1 unspecified atom stereocenters. The van der Waals surface area contributed by atoms with Gasteiger partial charge in [0, 0.05) is 37.3 Å². The molecule has 0 saturated carbocycles. The highest BCUT2D eigenvalue weighted by molar-refractivity contribution is 5.65. The Bertz CT molecular complexity index is 657. The van der Waals surface area contributed by atoms with Crippen LogP contribution in [-0.2, 0) is 6.54 Å². The van der Waals surface area contributed by atoms with E-state index in [4.69, 9.17) is 11.5 Å². The molecule has 2 aromatic rings. The molecule has 6 nitrogen and oxygen atoms in total. The zero-order valence-corrected chi connectivity index (χ0v) is 12.8. The monoisotopic (exact) mass is 298 g/mol. The summed E-state index contributed by atoms with van der Waals surface area (Å²) < 4.78 is 0. The maximum Gasteiger partial charge on any atom is 0.222 e. The normalized spacial score (nSPS) is 17.9. The van der Waals surface area contributed by atoms with Crippen LogP contribution < -0.4 is 21.7 Å². The second kappa shape index (κ2) is 6.29. The molecule has 1 saturated heterocycles. The Balaban J connectivity index is 1.93. The van der Waals surface area contributed by atoms with Gasteiger partial charge in [-0.3, -0.25) is 0 Å². The Morgan fingerprint density at radius 3 is 2.91 bits per heavy atom. The molecular weight excluding hydrogens is 276 g/mol. The van der Waals surface area contributed by atoms with Gasteiger partial charge >= 0.3 is 0 Å². The van der Waals surface area contributed by atoms with Crippen LogP contribution in [0.5, 0.6) is 0 Å². The Morgan fingerprint density at radius 2 is 2.18 bits per heavy atom. The van der Waals surface area contributed by atoms with Gasteiger partial charge in [0.25, 0.3) is 0 Å². The standard InChI is InChI=1S/C16H22N6/c1-19-13-5-6-22(10-13)15-8-14(20-16(18)21-15)12-4-2-3-11(7-12)9-17/h2-4,7-8,13,19H,5-6,9-10,17H2,1H3,(H2,18,20,21). The average Bonchev–Trinajstić information content (AvgIpc) is 3.03. The molecule has 1 aliphatic heterocycles. The molecule has 1 fully saturated rings. The van der Waals surface area contributed by atoms with Crippen LogP contribution in [-0.4, -0.2) is 36.1 Å². The largest absolute Gasteiger partial charge is 0.368 e. The maximum atomic E-state index is 5.91. The highest BCUT2D eigenvalue weighted by atomic mass is 15.2. The van der Waals surface area contributed by atoms with Crippen LogP contribution in [0.4, 0.5) is 11.8 Å². The molecule has 3 rings (SSSR count). The van der Waals surface area contributed by atoms with Crippen molar-refractivity contribution in [3.8, 4) is 11.3 Å². The Labute approximate surface area is 130 Å². The third kappa shape index (κ3) is 3.03. The van der Waals surface area contributed by atoms with E-state index in [1.54, 1.807) is 0 Å². The highest BCUT2D eigenvalue weighted by Gasteiger charge is 2.22. The summed E-state index contributed by atoms with van der Waals surface area (Å²) in [5, 5.41) is 3.31. The predicted octanol–water partition coefficient (Wildman–Crippen LogP) is 0.983. The Morgan fingerprint density at radius 1 is 1.32 bits per heavy atom. The predicted molar refractivity (Wildman–Crippen MR) is 89.4 cm³/mol. The van der Waals surface area contributed by atoms with Gasteiger partial charge < -0.3 is 21.7 Å². The summed E-state index contributed by atoms with van der Waals surface area (Å²) >= 11 is 0. The molecular formula is C16H22N6. The third-order valence-corrected chi connectivity index (χ3v) is 4.11. The number of nitrogens with two attached hydrogens (primary N) is 2. The number of nitrogens with one attached hydrogen (secondary N) is 1. The first-order valence-corrected chi connectivity index (χ1v) is 7.55. The fourth-order valence-electron chi connectivity index (χ4n) is 2.82. The molecule has 0 aliphatic carbocycles. The van der Waals surface area contributed by atoms with E-state index < -0.39 is 0 Å². The smallest absolute Gasteiger partial charge is 0.222 e. The molecule has 5 N–H and O–H groups in total. The molecule has 1 aliphatic rings. The van der Waals surface area contributed by atoms with Crippen LogP contribution in [0.25, 0.3) is 11.3 Å². The van der Waals surface area contributed by atoms with E-state index in [1.165, 1.54) is 0 Å². The summed E-state index contributed by atoms with van der Waals surface area (Å²) in [5.74, 6) is 1.19. The van der Waals surface area contributed by atoms with Crippen molar-refractivity contribution in [2.75, 3.05) is 30.8 Å². The quantitative estimate of drug-likeness (QED) is 0.779. The number of nitrogen functional groups attached to an aromatic ring is 1. The number of aromatic nitrogens is 2. The van der Waals surface area contributed by atoms with Crippen molar-refractivity contribution in [2.45, 2.75) is 19.0 Å². The minimum Gasteiger partial charge on any atom is -0.368 e. The first kappa shape index (κ1) is 14.7. The summed E-state index contributed by atoms with van der Waals surface area (Å²) in [5.41, 5.74) is 14.6. The molecule has 0 amide bonds. The van der Waals surface area contributed by atoms with Gasteiger partial charge in [-0.2, -0.15) is 4.98 Å². The minimum absolute atomic E-state index is 0.304. The first-order valence-electron chi connectivity index (χ1n) is 7.55. The summed E-state index contributed by atoms with van der Waals surface area (Å²) in [7, 11) is 1.99. The lowest BCUT2D eigenvalue weighted by atomic mass is 10.1. The fraction of sp³-hybridized carbons (Fsp3) is 0.375. The van der Waals surface area contributed by atoms with Gasteiger partial charge in [-0.15, -0.1) is 0 Å². The third-order valence-electron chi connectivity index (χ3n) is 4.11. The number of hydrogen-bond donors (Lipinski definition) is 3. The molecule has 116 valence electrons. The zero-order chi connectivity index (χ0) is 15.5. The van der Waals surface area contributed by atoms with Crippen molar-refractivity contribution in [1.29, 1.82) is 0 Å². The molecule has 6 heteroatoms. The molecule has 0 radical (unpaired) electrons. The van der Waals surface area contributed by atoms with Crippen LogP contribution in [0.1, 0.15) is 12.0 Å². The van der Waals surface area contributed by atoms with Gasteiger partial charge in [0.15, 0.2) is 0 Å². The van der Waals surface area contributed by atoms with E-state index in [0.29, 0.717) is 18.5 Å².